The van der Waals surface area contributed by atoms with Crippen molar-refractivity contribution in [1.29, 1.82) is 0 Å². The van der Waals surface area contributed by atoms with Crippen LogP contribution >= 0.6 is 0 Å². The maximum atomic E-state index is 2.67. The van der Waals surface area contributed by atoms with E-state index in [1.54, 1.807) is 0 Å². The molecule has 0 saturated carbocycles. The third kappa shape index (κ3) is 10.3. The number of anilines is 6. The normalized spacial score (nSPS) is 12.1. The van der Waals surface area contributed by atoms with Crippen molar-refractivity contribution in [3.8, 4) is 111 Å². The van der Waals surface area contributed by atoms with Gasteiger partial charge in [0.1, 0.15) is 0 Å². The number of hydrogen-bond donors (Lipinski definition) is 0. The minimum atomic E-state index is -0.202. The van der Waals surface area contributed by atoms with Crippen LogP contribution in [0, 0.1) is 0 Å². The summed E-state index contributed by atoms with van der Waals surface area (Å²) in [5, 5.41) is 4.89. The molecular formula is C98H65BN2. The minimum absolute atomic E-state index is 0.202. The van der Waals surface area contributed by atoms with Crippen molar-refractivity contribution in [2.24, 2.45) is 0 Å². The molecule has 3 heteroatoms. The molecule has 2 nitrogen and oxygen atoms in total. The van der Waals surface area contributed by atoms with Gasteiger partial charge in [0, 0.05) is 45.0 Å². The van der Waals surface area contributed by atoms with Crippen LogP contribution in [-0.2, 0) is 0 Å². The lowest BCUT2D eigenvalue weighted by Crippen LogP contribution is -2.61. The van der Waals surface area contributed by atoms with E-state index in [0.29, 0.717) is 0 Å². The first-order valence-corrected chi connectivity index (χ1v) is 35.0. The molecule has 101 heavy (non-hydrogen) atoms. The van der Waals surface area contributed by atoms with Gasteiger partial charge in [-0.2, -0.15) is 0 Å². The molecule has 0 bridgehead atoms. The quantitative estimate of drug-likeness (QED) is 0.0889. The van der Waals surface area contributed by atoms with Gasteiger partial charge in [0.2, 0.25) is 0 Å². The summed E-state index contributed by atoms with van der Waals surface area (Å²) in [6.45, 7) is -0.202. The molecule has 0 aliphatic carbocycles. The number of benzene rings is 17. The Morgan fingerprint density at radius 3 is 0.812 bits per heavy atom. The molecule has 0 amide bonds. The molecule has 0 spiro atoms. The van der Waals surface area contributed by atoms with E-state index in [4.69, 9.17) is 0 Å². The van der Waals surface area contributed by atoms with Crippen LogP contribution in [0.3, 0.4) is 0 Å². The average molecular weight is 1280 g/mol. The molecular weight excluding hydrogens is 1220 g/mol. The van der Waals surface area contributed by atoms with Crippen molar-refractivity contribution in [3.05, 3.63) is 394 Å². The van der Waals surface area contributed by atoms with Gasteiger partial charge in [-0.3, -0.25) is 0 Å². The van der Waals surface area contributed by atoms with Gasteiger partial charge in [0.15, 0.2) is 0 Å². The molecule has 19 rings (SSSR count). The standard InChI is InChI=1S/C98H65BN2/c1-10-31-66(32-11-1)76-54-57-88-92(64-76)100(97-83(69-37-16-4-17-38-69)60-78(67-33-12-2-13-34-67)61-84(97)70-39-18-5-19-40-70)90-51-30-52-91-96(90)99(88)89-58-55-77(75-53-56-82-87(59-75)95(74-47-26-9-27-48-74)81-50-29-28-49-80(81)94(82)73-45-24-8-25-46-73)65-93(89)101(91)98-85(71-41-20-6-21-42-71)62-79(68-35-14-3-15-36-68)63-86(98)72-43-22-7-23-44-72/h1-65H. The summed E-state index contributed by atoms with van der Waals surface area (Å²) in [7, 11) is 0. The largest absolute Gasteiger partial charge is 0.310 e. The topological polar surface area (TPSA) is 6.48 Å². The van der Waals surface area contributed by atoms with E-state index in [9.17, 15) is 0 Å². The van der Waals surface area contributed by atoms with E-state index in [-0.39, 0.29) is 6.71 Å². The smallest absolute Gasteiger partial charge is 0.252 e. The minimum Gasteiger partial charge on any atom is -0.310 e. The SMILES string of the molecule is c1ccc(-c2cc(-c3ccccc3)c(N3c4cc(-c5ccccc5)ccc4B4c5ccc(-c6ccc7c(-c8ccccc8)c8ccccc8c(-c8ccccc8)c7c6)cc5N(c5c(-c6ccccc6)cc(-c6ccccc6)cc5-c5ccccc5)c5cccc3c54)c(-c3ccccc3)c2)cc1. The highest BCUT2D eigenvalue weighted by molar-refractivity contribution is 7.00. The number of hydrogen-bond acceptors (Lipinski definition) is 2. The molecule has 17 aromatic rings. The Hall–Kier alpha value is -13.1. The lowest BCUT2D eigenvalue weighted by Gasteiger charge is -2.46. The fourth-order valence-corrected chi connectivity index (χ4v) is 16.3. The van der Waals surface area contributed by atoms with Gasteiger partial charge in [-0.15, -0.1) is 0 Å². The summed E-state index contributed by atoms with van der Waals surface area (Å²) < 4.78 is 0. The van der Waals surface area contributed by atoms with Crippen molar-refractivity contribution < 1.29 is 0 Å². The third-order valence-corrected chi connectivity index (χ3v) is 20.8. The Morgan fingerprint density at radius 1 is 0.168 bits per heavy atom. The summed E-state index contributed by atoms with van der Waals surface area (Å²) in [5.41, 5.74) is 33.6. The zero-order valence-electron chi connectivity index (χ0n) is 55.5. The molecule has 0 saturated heterocycles. The van der Waals surface area contributed by atoms with Gasteiger partial charge in [-0.25, -0.2) is 0 Å². The monoisotopic (exact) mass is 1280 g/mol. The Labute approximate surface area is 590 Å². The maximum Gasteiger partial charge on any atom is 0.252 e. The van der Waals surface area contributed by atoms with E-state index >= 15 is 0 Å². The molecule has 0 atom stereocenters. The van der Waals surface area contributed by atoms with Crippen molar-refractivity contribution in [2.75, 3.05) is 9.80 Å². The summed E-state index contributed by atoms with van der Waals surface area (Å²) in [6, 6.07) is 147. The van der Waals surface area contributed by atoms with E-state index in [2.05, 4.69) is 404 Å². The molecule has 2 aliphatic heterocycles. The molecule has 2 aliphatic rings. The van der Waals surface area contributed by atoms with Crippen molar-refractivity contribution >= 4 is 78.8 Å². The Kier molecular flexibility index (Phi) is 14.7. The Balaban J connectivity index is 0.937. The highest BCUT2D eigenvalue weighted by Gasteiger charge is 2.45. The molecule has 0 aromatic heterocycles. The summed E-state index contributed by atoms with van der Waals surface area (Å²) in [4.78, 5) is 5.32. The second-order valence-corrected chi connectivity index (χ2v) is 26.6. The van der Waals surface area contributed by atoms with E-state index in [1.165, 1.54) is 60.2 Å². The molecule has 2 heterocycles. The van der Waals surface area contributed by atoms with Gasteiger partial charge in [-0.1, -0.05) is 340 Å². The second kappa shape index (κ2) is 25.1. The van der Waals surface area contributed by atoms with Gasteiger partial charge >= 0.3 is 0 Å². The lowest BCUT2D eigenvalue weighted by atomic mass is 9.33. The highest BCUT2D eigenvalue weighted by atomic mass is 15.2. The number of fused-ring (bicyclic) bond motifs is 6. The van der Waals surface area contributed by atoms with Crippen LogP contribution in [0.15, 0.2) is 394 Å². The second-order valence-electron chi connectivity index (χ2n) is 26.6. The van der Waals surface area contributed by atoms with Crippen LogP contribution in [-0.4, -0.2) is 6.71 Å². The Morgan fingerprint density at radius 2 is 0.446 bits per heavy atom. The van der Waals surface area contributed by atoms with E-state index in [1.807, 2.05) is 0 Å². The first-order chi connectivity index (χ1) is 50.1. The van der Waals surface area contributed by atoms with Crippen molar-refractivity contribution in [3.63, 3.8) is 0 Å². The zero-order chi connectivity index (χ0) is 66.7. The highest BCUT2D eigenvalue weighted by Crippen LogP contribution is 2.55. The van der Waals surface area contributed by atoms with Crippen molar-refractivity contribution in [1.82, 2.24) is 0 Å². The molecule has 0 radical (unpaired) electrons. The maximum absolute atomic E-state index is 2.67. The van der Waals surface area contributed by atoms with Crippen molar-refractivity contribution in [2.45, 2.75) is 0 Å². The lowest BCUT2D eigenvalue weighted by molar-refractivity contribution is 1.25. The third-order valence-electron chi connectivity index (χ3n) is 20.8. The molecule has 0 unspecified atom stereocenters. The average Bonchev–Trinajstić information content (AvgIpc) is 0.690. The first kappa shape index (κ1) is 59.2. The van der Waals surface area contributed by atoms with Gasteiger partial charge < -0.3 is 9.80 Å². The summed E-state index contributed by atoms with van der Waals surface area (Å²) in [5.74, 6) is 0. The molecule has 470 valence electrons. The molecule has 17 aromatic carbocycles. The van der Waals surface area contributed by atoms with Crippen LogP contribution in [0.4, 0.5) is 34.1 Å². The number of rotatable bonds is 12. The van der Waals surface area contributed by atoms with Gasteiger partial charge in [-0.05, 0) is 182 Å². The zero-order valence-corrected chi connectivity index (χ0v) is 55.5. The van der Waals surface area contributed by atoms with E-state index < -0.39 is 0 Å². The van der Waals surface area contributed by atoms with Crippen LogP contribution in [0.25, 0.3) is 133 Å². The van der Waals surface area contributed by atoms with Crippen LogP contribution in [0.1, 0.15) is 0 Å². The summed E-state index contributed by atoms with van der Waals surface area (Å²) in [6.07, 6.45) is 0. The van der Waals surface area contributed by atoms with Crippen LogP contribution in [0.2, 0.25) is 0 Å². The first-order valence-electron chi connectivity index (χ1n) is 35.0. The van der Waals surface area contributed by atoms with Crippen LogP contribution in [0.5, 0.6) is 0 Å². The van der Waals surface area contributed by atoms with Crippen LogP contribution < -0.4 is 26.2 Å². The van der Waals surface area contributed by atoms with Gasteiger partial charge in [0.25, 0.3) is 6.71 Å². The van der Waals surface area contributed by atoms with Gasteiger partial charge in [0.05, 0.1) is 11.4 Å². The fourth-order valence-electron chi connectivity index (χ4n) is 16.3. The molecule has 0 N–H and O–H groups in total. The predicted octanol–water partition coefficient (Wildman–Crippen LogP) is 24.7. The summed E-state index contributed by atoms with van der Waals surface area (Å²) >= 11 is 0. The molecule has 0 fully saturated rings. The Bertz CT molecular complexity index is 5850. The predicted molar refractivity (Wildman–Crippen MR) is 430 cm³/mol. The number of nitrogens with zero attached hydrogens (tertiary/aromatic N) is 2. The van der Waals surface area contributed by atoms with E-state index in [0.717, 1.165) is 123 Å². The fraction of sp³-hybridized carbons (Fsp3) is 0.